The van der Waals surface area contributed by atoms with Crippen molar-refractivity contribution in [3.8, 4) is 0 Å². The van der Waals surface area contributed by atoms with E-state index < -0.39 is 16.4 Å². The Morgan fingerprint density at radius 2 is 2.04 bits per heavy atom. The molecule has 0 amide bonds. The van der Waals surface area contributed by atoms with Gasteiger partial charge in [-0.3, -0.25) is 19.8 Å². The van der Waals surface area contributed by atoms with E-state index in [1.54, 1.807) is 6.07 Å². The minimum absolute atomic E-state index is 0.0261. The molecular formula is C17H23FN2O4. The molecular weight excluding hydrogens is 315 g/mol. The topological polar surface area (TPSA) is 72.7 Å². The van der Waals surface area contributed by atoms with Crippen molar-refractivity contribution in [2.45, 2.75) is 45.2 Å². The van der Waals surface area contributed by atoms with Gasteiger partial charge in [0.15, 0.2) is 0 Å². The zero-order valence-corrected chi connectivity index (χ0v) is 14.0. The summed E-state index contributed by atoms with van der Waals surface area (Å²) >= 11 is 0. The van der Waals surface area contributed by atoms with Gasteiger partial charge in [-0.05, 0) is 43.9 Å². The molecule has 0 bridgehead atoms. The van der Waals surface area contributed by atoms with E-state index >= 15 is 0 Å². The third kappa shape index (κ3) is 4.29. The first-order chi connectivity index (χ1) is 11.5. The molecule has 7 heteroatoms. The number of methoxy groups -OCH3 is 1. The fourth-order valence-corrected chi connectivity index (χ4v) is 3.37. The molecule has 1 saturated carbocycles. The number of benzene rings is 1. The molecule has 1 aromatic carbocycles. The van der Waals surface area contributed by atoms with Crippen LogP contribution in [0.25, 0.3) is 0 Å². The van der Waals surface area contributed by atoms with Gasteiger partial charge in [0, 0.05) is 18.7 Å². The molecule has 132 valence electrons. The molecule has 0 saturated heterocycles. The normalized spacial score (nSPS) is 20.8. The van der Waals surface area contributed by atoms with Gasteiger partial charge in [-0.15, -0.1) is 0 Å². The number of nitrogens with zero attached hydrogens (tertiary/aromatic N) is 2. The molecule has 0 heterocycles. The Labute approximate surface area is 140 Å². The van der Waals surface area contributed by atoms with Gasteiger partial charge in [-0.1, -0.05) is 13.0 Å². The lowest BCUT2D eigenvalue weighted by Crippen LogP contribution is -2.38. The SMILES string of the molecule is CCN(Cc1ccc([N+](=O)[O-])c(F)c1)[C@H]1CC[C@H](C(=O)OC)CC1. The number of halogens is 1. The van der Waals surface area contributed by atoms with Crippen molar-refractivity contribution in [2.75, 3.05) is 13.7 Å². The number of rotatable bonds is 6. The molecule has 1 aromatic rings. The van der Waals surface area contributed by atoms with Crippen molar-refractivity contribution in [3.05, 3.63) is 39.7 Å². The van der Waals surface area contributed by atoms with Crippen molar-refractivity contribution < 1.29 is 18.8 Å². The maximum Gasteiger partial charge on any atom is 0.308 e. The van der Waals surface area contributed by atoms with Crippen LogP contribution in [0.15, 0.2) is 18.2 Å². The molecule has 24 heavy (non-hydrogen) atoms. The zero-order valence-electron chi connectivity index (χ0n) is 14.0. The van der Waals surface area contributed by atoms with Crippen LogP contribution >= 0.6 is 0 Å². The number of nitro groups is 1. The van der Waals surface area contributed by atoms with Crippen LogP contribution < -0.4 is 0 Å². The fourth-order valence-electron chi connectivity index (χ4n) is 3.37. The summed E-state index contributed by atoms with van der Waals surface area (Å²) in [6.45, 7) is 3.37. The highest BCUT2D eigenvalue weighted by Gasteiger charge is 2.29. The number of nitro benzene ring substituents is 1. The quantitative estimate of drug-likeness (QED) is 0.452. The molecule has 0 spiro atoms. The van der Waals surface area contributed by atoms with Gasteiger partial charge in [-0.2, -0.15) is 4.39 Å². The molecule has 1 aliphatic rings. The Kier molecular flexibility index (Phi) is 6.25. The summed E-state index contributed by atoms with van der Waals surface area (Å²) in [7, 11) is 1.41. The van der Waals surface area contributed by atoms with Crippen LogP contribution in [-0.4, -0.2) is 35.5 Å². The van der Waals surface area contributed by atoms with Crippen LogP contribution in [0.1, 0.15) is 38.2 Å². The van der Waals surface area contributed by atoms with E-state index in [-0.39, 0.29) is 11.9 Å². The van der Waals surface area contributed by atoms with Gasteiger partial charge in [0.05, 0.1) is 18.0 Å². The Morgan fingerprint density at radius 3 is 2.54 bits per heavy atom. The average molecular weight is 338 g/mol. The Hall–Kier alpha value is -2.02. The molecule has 1 fully saturated rings. The molecule has 6 nitrogen and oxygen atoms in total. The van der Waals surface area contributed by atoms with Crippen LogP contribution in [0.4, 0.5) is 10.1 Å². The van der Waals surface area contributed by atoms with Crippen LogP contribution in [0.5, 0.6) is 0 Å². The van der Waals surface area contributed by atoms with E-state index in [1.165, 1.54) is 19.2 Å². The molecule has 1 aliphatic carbocycles. The van der Waals surface area contributed by atoms with E-state index in [1.807, 2.05) is 6.92 Å². The maximum atomic E-state index is 13.8. The summed E-state index contributed by atoms with van der Waals surface area (Å²) in [6, 6.07) is 4.38. The monoisotopic (exact) mass is 338 g/mol. The molecule has 0 unspecified atom stereocenters. The first-order valence-corrected chi connectivity index (χ1v) is 8.21. The largest absolute Gasteiger partial charge is 0.469 e. The third-order valence-corrected chi connectivity index (χ3v) is 4.75. The van der Waals surface area contributed by atoms with E-state index in [9.17, 15) is 19.3 Å². The predicted molar refractivity (Wildman–Crippen MR) is 86.9 cm³/mol. The summed E-state index contributed by atoms with van der Waals surface area (Å²) in [6.07, 6.45) is 3.37. The number of hydrogen-bond donors (Lipinski definition) is 0. The van der Waals surface area contributed by atoms with Crippen LogP contribution in [-0.2, 0) is 16.1 Å². The minimum atomic E-state index is -0.803. The average Bonchev–Trinajstić information content (AvgIpc) is 2.59. The highest BCUT2D eigenvalue weighted by atomic mass is 19.1. The number of hydrogen-bond acceptors (Lipinski definition) is 5. The second-order valence-corrected chi connectivity index (χ2v) is 6.13. The van der Waals surface area contributed by atoms with Gasteiger partial charge in [0.1, 0.15) is 0 Å². The van der Waals surface area contributed by atoms with Gasteiger partial charge < -0.3 is 4.74 Å². The van der Waals surface area contributed by atoms with Crippen molar-refractivity contribution in [3.63, 3.8) is 0 Å². The van der Waals surface area contributed by atoms with E-state index in [0.29, 0.717) is 12.6 Å². The Bertz CT molecular complexity index is 600. The summed E-state index contributed by atoms with van der Waals surface area (Å²) in [4.78, 5) is 23.8. The second-order valence-electron chi connectivity index (χ2n) is 6.13. The van der Waals surface area contributed by atoms with Crippen LogP contribution in [0, 0.1) is 21.8 Å². The zero-order chi connectivity index (χ0) is 17.7. The Morgan fingerprint density at radius 1 is 1.38 bits per heavy atom. The van der Waals surface area contributed by atoms with E-state index in [0.717, 1.165) is 37.8 Å². The van der Waals surface area contributed by atoms with Gasteiger partial charge in [0.25, 0.3) is 0 Å². The molecule has 0 aromatic heterocycles. The van der Waals surface area contributed by atoms with Crippen molar-refractivity contribution in [2.24, 2.45) is 5.92 Å². The number of carbonyl (C=O) groups excluding carboxylic acids is 1. The summed E-state index contributed by atoms with van der Waals surface area (Å²) in [5.41, 5.74) is 0.218. The molecule has 2 rings (SSSR count). The molecule has 0 N–H and O–H groups in total. The summed E-state index contributed by atoms with van der Waals surface area (Å²) in [5.74, 6) is -0.973. The predicted octanol–water partition coefficient (Wildman–Crippen LogP) is 3.29. The van der Waals surface area contributed by atoms with E-state index in [4.69, 9.17) is 4.74 Å². The molecule has 0 atom stereocenters. The lowest BCUT2D eigenvalue weighted by atomic mass is 9.85. The molecule has 0 aliphatic heterocycles. The smallest absolute Gasteiger partial charge is 0.308 e. The number of carbonyl (C=O) groups is 1. The standard InChI is InChI=1S/C17H23FN2O4/c1-3-19(14-7-5-13(6-8-14)17(21)24-2)11-12-4-9-16(20(22)23)15(18)10-12/h4,9-10,13-14H,3,5-8,11H2,1-2H3/t13-,14-. The van der Waals surface area contributed by atoms with Gasteiger partial charge in [0.2, 0.25) is 5.82 Å². The van der Waals surface area contributed by atoms with Crippen molar-refractivity contribution >= 4 is 11.7 Å². The lowest BCUT2D eigenvalue weighted by molar-refractivity contribution is -0.387. The third-order valence-electron chi connectivity index (χ3n) is 4.75. The van der Waals surface area contributed by atoms with Gasteiger partial charge >= 0.3 is 11.7 Å². The minimum Gasteiger partial charge on any atom is -0.469 e. The van der Waals surface area contributed by atoms with E-state index in [2.05, 4.69) is 4.90 Å². The van der Waals surface area contributed by atoms with Crippen molar-refractivity contribution in [1.29, 1.82) is 0 Å². The van der Waals surface area contributed by atoms with Gasteiger partial charge in [-0.25, -0.2) is 0 Å². The van der Waals surface area contributed by atoms with Crippen molar-refractivity contribution in [1.82, 2.24) is 4.90 Å². The van der Waals surface area contributed by atoms with Crippen LogP contribution in [0.3, 0.4) is 0 Å². The number of esters is 1. The number of ether oxygens (including phenoxy) is 1. The summed E-state index contributed by atoms with van der Waals surface area (Å²) < 4.78 is 18.6. The highest BCUT2D eigenvalue weighted by molar-refractivity contribution is 5.72. The second kappa shape index (κ2) is 8.19. The Balaban J connectivity index is 1.99. The first kappa shape index (κ1) is 18.3. The summed E-state index contributed by atoms with van der Waals surface area (Å²) in [5, 5.41) is 10.7. The molecule has 0 radical (unpaired) electrons. The van der Waals surface area contributed by atoms with Crippen LogP contribution in [0.2, 0.25) is 0 Å². The highest BCUT2D eigenvalue weighted by Crippen LogP contribution is 2.29. The lowest BCUT2D eigenvalue weighted by Gasteiger charge is -2.35. The maximum absolute atomic E-state index is 13.8. The fraction of sp³-hybridized carbons (Fsp3) is 0.588. The first-order valence-electron chi connectivity index (χ1n) is 8.21.